The fraction of sp³-hybridized carbons (Fsp3) is 0.778. The van der Waals surface area contributed by atoms with Gasteiger partial charge in [-0.1, -0.05) is 13.3 Å². The highest BCUT2D eigenvalue weighted by molar-refractivity contribution is 6.46. The smallest absolute Gasteiger partial charge is 0.332 e. The van der Waals surface area contributed by atoms with Gasteiger partial charge in [0.25, 0.3) is 0 Å². The predicted octanol–water partition coefficient (Wildman–Crippen LogP) is 2.39. The van der Waals surface area contributed by atoms with Crippen LogP contribution in [0.15, 0.2) is 5.10 Å². The summed E-state index contributed by atoms with van der Waals surface area (Å²) in [6, 6.07) is -0.670. The average molecular weight is 252 g/mol. The van der Waals surface area contributed by atoms with Gasteiger partial charge in [-0.2, -0.15) is 5.10 Å². The quantitative estimate of drug-likeness (QED) is 0.575. The van der Waals surface area contributed by atoms with Crippen LogP contribution < -0.4 is 11.2 Å². The van der Waals surface area contributed by atoms with E-state index in [1.165, 1.54) is 0 Å². The van der Waals surface area contributed by atoms with Gasteiger partial charge in [-0.25, -0.2) is 10.2 Å². The predicted molar refractivity (Wildman–Crippen MR) is 62.2 cm³/mol. The average Bonchev–Trinajstić information content (AvgIpc) is 2.16. The van der Waals surface area contributed by atoms with E-state index in [2.05, 4.69) is 10.5 Å². The first-order valence-corrected chi connectivity index (χ1v) is 5.75. The Labute approximate surface area is 99.2 Å². The van der Waals surface area contributed by atoms with Crippen molar-refractivity contribution in [2.24, 2.45) is 16.3 Å². The molecular formula is C9H15Cl2N3O. The van der Waals surface area contributed by atoms with E-state index >= 15 is 0 Å². The van der Waals surface area contributed by atoms with E-state index in [0.29, 0.717) is 0 Å². The lowest BCUT2D eigenvalue weighted by Gasteiger charge is -2.35. The van der Waals surface area contributed by atoms with Crippen molar-refractivity contribution in [3.63, 3.8) is 0 Å². The molecule has 0 aromatic heterocycles. The van der Waals surface area contributed by atoms with Crippen LogP contribution >= 0.6 is 23.2 Å². The summed E-state index contributed by atoms with van der Waals surface area (Å²) in [7, 11) is 0. The molecule has 86 valence electrons. The molecule has 1 saturated carbocycles. The van der Waals surface area contributed by atoms with Crippen molar-refractivity contribution in [3.8, 4) is 0 Å². The molecule has 1 aliphatic rings. The van der Waals surface area contributed by atoms with Crippen molar-refractivity contribution in [1.29, 1.82) is 0 Å². The Hall–Kier alpha value is -0.480. The second kappa shape index (κ2) is 5.03. The lowest BCUT2D eigenvalue weighted by atomic mass is 9.75. The number of hydrazone groups is 1. The van der Waals surface area contributed by atoms with Crippen molar-refractivity contribution >= 4 is 34.9 Å². The monoisotopic (exact) mass is 251 g/mol. The first-order valence-electron chi connectivity index (χ1n) is 4.87. The summed E-state index contributed by atoms with van der Waals surface area (Å²) in [4.78, 5) is 10.0. The van der Waals surface area contributed by atoms with Gasteiger partial charge in [0.1, 0.15) is 4.84 Å². The number of primary amides is 1. The number of urea groups is 1. The molecule has 0 spiro atoms. The molecular weight excluding hydrogens is 237 g/mol. The van der Waals surface area contributed by atoms with Gasteiger partial charge in [0.05, 0.1) is 0 Å². The summed E-state index contributed by atoms with van der Waals surface area (Å²) in [6.45, 7) is 1.96. The van der Waals surface area contributed by atoms with E-state index in [-0.39, 0.29) is 5.41 Å². The van der Waals surface area contributed by atoms with Gasteiger partial charge in [-0.05, 0) is 19.3 Å². The molecule has 0 aromatic rings. The molecule has 0 bridgehead atoms. The van der Waals surface area contributed by atoms with Gasteiger partial charge in [0.15, 0.2) is 0 Å². The number of hydrogen-bond donors (Lipinski definition) is 2. The number of carbonyl (C=O) groups excluding carboxylic acids is 1. The van der Waals surface area contributed by atoms with Crippen molar-refractivity contribution in [2.75, 3.05) is 0 Å². The van der Waals surface area contributed by atoms with Gasteiger partial charge in [0, 0.05) is 11.1 Å². The van der Waals surface area contributed by atoms with Gasteiger partial charge in [-0.15, -0.1) is 23.2 Å². The molecule has 1 atom stereocenters. The third-order valence-electron chi connectivity index (χ3n) is 2.80. The third kappa shape index (κ3) is 2.98. The number of nitrogens with one attached hydrogen (secondary N) is 1. The number of hydrogen-bond acceptors (Lipinski definition) is 2. The van der Waals surface area contributed by atoms with E-state index in [4.69, 9.17) is 28.9 Å². The Morgan fingerprint density at radius 3 is 2.80 bits per heavy atom. The number of halogens is 2. The summed E-state index contributed by atoms with van der Waals surface area (Å²) in [5.74, 6) is 0. The maximum Gasteiger partial charge on any atom is 0.332 e. The highest BCUT2D eigenvalue weighted by Gasteiger charge is 2.39. The lowest BCUT2D eigenvalue weighted by Crippen LogP contribution is -2.39. The maximum absolute atomic E-state index is 10.6. The maximum atomic E-state index is 10.6. The highest BCUT2D eigenvalue weighted by Crippen LogP contribution is 2.40. The normalized spacial score (nSPS) is 29.5. The zero-order valence-electron chi connectivity index (χ0n) is 8.59. The minimum Gasteiger partial charge on any atom is -0.350 e. The topological polar surface area (TPSA) is 67.5 Å². The molecule has 2 amide bonds. The zero-order chi connectivity index (χ0) is 11.5. The number of nitrogens with zero attached hydrogens (tertiary/aromatic N) is 1. The van der Waals surface area contributed by atoms with Crippen LogP contribution in [-0.4, -0.2) is 16.6 Å². The second-order valence-corrected chi connectivity index (χ2v) is 5.06. The Bertz CT molecular complexity index is 281. The summed E-state index contributed by atoms with van der Waals surface area (Å²) in [5, 5.41) is 3.98. The number of amides is 2. The minimum atomic E-state index is -0.670. The Kier molecular flexibility index (Phi) is 4.22. The first kappa shape index (κ1) is 12.6. The number of rotatable bonds is 2. The van der Waals surface area contributed by atoms with E-state index < -0.39 is 10.9 Å². The highest BCUT2D eigenvalue weighted by atomic mass is 35.5. The van der Waals surface area contributed by atoms with Gasteiger partial charge in [0.2, 0.25) is 0 Å². The molecule has 0 aliphatic heterocycles. The fourth-order valence-corrected chi connectivity index (χ4v) is 2.23. The van der Waals surface area contributed by atoms with Crippen LogP contribution in [0.5, 0.6) is 0 Å². The first-order chi connectivity index (χ1) is 6.97. The molecule has 0 aromatic carbocycles. The number of nitrogens with two attached hydrogens (primary N) is 1. The van der Waals surface area contributed by atoms with E-state index in [9.17, 15) is 4.79 Å². The van der Waals surface area contributed by atoms with E-state index in [1.807, 2.05) is 6.92 Å². The van der Waals surface area contributed by atoms with E-state index in [0.717, 1.165) is 31.4 Å². The molecule has 0 saturated heterocycles. The van der Waals surface area contributed by atoms with Crippen LogP contribution in [0.4, 0.5) is 4.79 Å². The standard InChI is InChI=1S/C9H15Cl2N3O/c1-9(7(10)11)5-3-2-4-6(9)13-14-8(12)15/h7H,2-5H2,1H3,(H3,12,14,15)/b13-6+. The Morgan fingerprint density at radius 1 is 1.60 bits per heavy atom. The van der Waals surface area contributed by atoms with Gasteiger partial charge < -0.3 is 5.73 Å². The molecule has 1 fully saturated rings. The zero-order valence-corrected chi connectivity index (χ0v) is 10.1. The molecule has 4 nitrogen and oxygen atoms in total. The van der Waals surface area contributed by atoms with Gasteiger partial charge >= 0.3 is 6.03 Å². The van der Waals surface area contributed by atoms with Crippen LogP contribution in [-0.2, 0) is 0 Å². The van der Waals surface area contributed by atoms with Crippen LogP contribution in [0.2, 0.25) is 0 Å². The van der Waals surface area contributed by atoms with Crippen molar-refractivity contribution in [2.45, 2.75) is 37.4 Å². The molecule has 0 heterocycles. The molecule has 0 radical (unpaired) electrons. The van der Waals surface area contributed by atoms with Crippen LogP contribution in [0.1, 0.15) is 32.6 Å². The summed E-state index contributed by atoms with van der Waals surface area (Å²) < 4.78 is 0. The Balaban J connectivity index is 2.82. The van der Waals surface area contributed by atoms with Gasteiger partial charge in [-0.3, -0.25) is 0 Å². The molecule has 15 heavy (non-hydrogen) atoms. The van der Waals surface area contributed by atoms with Crippen molar-refractivity contribution < 1.29 is 4.79 Å². The molecule has 3 N–H and O–H groups in total. The molecule has 1 rings (SSSR count). The minimum absolute atomic E-state index is 0.357. The molecule has 6 heteroatoms. The lowest BCUT2D eigenvalue weighted by molar-refractivity contribution is 0.249. The molecule has 1 unspecified atom stereocenters. The number of carbonyl (C=O) groups is 1. The van der Waals surface area contributed by atoms with Crippen LogP contribution in [0, 0.1) is 5.41 Å². The van der Waals surface area contributed by atoms with Crippen LogP contribution in [0.3, 0.4) is 0 Å². The summed E-state index contributed by atoms with van der Waals surface area (Å²) >= 11 is 11.9. The second-order valence-electron chi connectivity index (χ2n) is 3.96. The van der Waals surface area contributed by atoms with Crippen LogP contribution in [0.25, 0.3) is 0 Å². The summed E-state index contributed by atoms with van der Waals surface area (Å²) in [6.07, 6.45) is 3.79. The number of alkyl halides is 2. The van der Waals surface area contributed by atoms with Crippen molar-refractivity contribution in [1.82, 2.24) is 5.43 Å². The third-order valence-corrected chi connectivity index (χ3v) is 3.76. The SMILES string of the molecule is CC1(C(Cl)Cl)CCCC/C1=N\NC(N)=O. The summed E-state index contributed by atoms with van der Waals surface area (Å²) in [5.41, 5.74) is 7.65. The molecule has 1 aliphatic carbocycles. The largest absolute Gasteiger partial charge is 0.350 e. The van der Waals surface area contributed by atoms with E-state index in [1.54, 1.807) is 0 Å². The van der Waals surface area contributed by atoms with Crippen molar-refractivity contribution in [3.05, 3.63) is 0 Å². The Morgan fingerprint density at radius 2 is 2.27 bits per heavy atom. The fourth-order valence-electron chi connectivity index (χ4n) is 1.76.